The van der Waals surface area contributed by atoms with Crippen LogP contribution in [0.3, 0.4) is 0 Å². The van der Waals surface area contributed by atoms with Crippen LogP contribution in [-0.4, -0.2) is 10.9 Å². The topological polar surface area (TPSA) is 43.1 Å². The van der Waals surface area contributed by atoms with Gasteiger partial charge in [-0.25, -0.2) is 4.39 Å². The van der Waals surface area contributed by atoms with E-state index in [0.29, 0.717) is 16.3 Å². The van der Waals surface area contributed by atoms with Gasteiger partial charge in [0.25, 0.3) is 0 Å². The fraction of sp³-hybridized carbons (Fsp3) is 0.182. The van der Waals surface area contributed by atoms with Gasteiger partial charge >= 0.3 is 0 Å². The Labute approximate surface area is 103 Å². The lowest BCUT2D eigenvalue weighted by Crippen LogP contribution is -1.91. The van der Waals surface area contributed by atoms with Crippen LogP contribution in [-0.2, 0) is 4.79 Å². The summed E-state index contributed by atoms with van der Waals surface area (Å²) in [5.41, 5.74) is 5.93. The molecule has 0 saturated carbocycles. The van der Waals surface area contributed by atoms with E-state index in [1.54, 1.807) is 12.2 Å². The number of carbonyl (C=O) groups excluding carboxylic acids is 1. The summed E-state index contributed by atoms with van der Waals surface area (Å²) in [6.45, 7) is 1.49. The van der Waals surface area contributed by atoms with Crippen molar-refractivity contribution in [1.82, 2.24) is 0 Å². The van der Waals surface area contributed by atoms with E-state index in [0.717, 1.165) is 0 Å². The van der Waals surface area contributed by atoms with Crippen molar-refractivity contribution in [2.24, 2.45) is 0 Å². The second-order valence-electron chi connectivity index (χ2n) is 3.10. The number of anilines is 1. The fourth-order valence-electron chi connectivity index (χ4n) is 1.05. The average molecular weight is 260 g/mol. The second-order valence-corrected chi connectivity index (χ2v) is 4.70. The maximum atomic E-state index is 13.1. The smallest absolute Gasteiger partial charge is 0.186 e. The fourth-order valence-corrected chi connectivity index (χ4v) is 1.71. The lowest BCUT2D eigenvalue weighted by atomic mass is 10.2. The highest BCUT2D eigenvalue weighted by Crippen LogP contribution is 2.23. The summed E-state index contributed by atoms with van der Waals surface area (Å²) in [6.07, 6.45) is 3.42. The summed E-state index contributed by atoms with van der Waals surface area (Å²) in [7, 11) is 0. The highest BCUT2D eigenvalue weighted by atomic mass is 35.5. The third-order valence-corrected chi connectivity index (χ3v) is 2.89. The maximum absolute atomic E-state index is 13.1. The van der Waals surface area contributed by atoms with Crippen molar-refractivity contribution in [3.8, 4) is 0 Å². The van der Waals surface area contributed by atoms with E-state index >= 15 is 0 Å². The van der Waals surface area contributed by atoms with Crippen LogP contribution in [0.4, 0.5) is 10.1 Å². The largest absolute Gasteiger partial charge is 0.396 e. The molecule has 0 unspecified atom stereocenters. The molecule has 0 amide bonds. The predicted octanol–water partition coefficient (Wildman–Crippen LogP) is 3.35. The van der Waals surface area contributed by atoms with Gasteiger partial charge in [-0.15, -0.1) is 0 Å². The third kappa shape index (κ3) is 3.87. The van der Waals surface area contributed by atoms with Gasteiger partial charge in [-0.3, -0.25) is 4.79 Å². The first-order valence-electron chi connectivity index (χ1n) is 4.55. The number of carbonyl (C=O) groups is 1. The Morgan fingerprint density at radius 3 is 2.94 bits per heavy atom. The normalized spacial score (nSPS) is 10.9. The number of hydrogen-bond donors (Lipinski definition) is 1. The predicted molar refractivity (Wildman–Crippen MR) is 68.0 cm³/mol. The van der Waals surface area contributed by atoms with Crippen molar-refractivity contribution in [2.45, 2.75) is 6.92 Å². The molecule has 0 saturated heterocycles. The van der Waals surface area contributed by atoms with Crippen molar-refractivity contribution in [3.63, 3.8) is 0 Å². The van der Waals surface area contributed by atoms with Crippen molar-refractivity contribution in [2.75, 3.05) is 11.5 Å². The van der Waals surface area contributed by atoms with Crippen LogP contribution in [0.25, 0.3) is 6.08 Å². The molecule has 1 rings (SSSR count). The molecule has 0 aliphatic heterocycles. The van der Waals surface area contributed by atoms with E-state index in [-0.39, 0.29) is 10.8 Å². The van der Waals surface area contributed by atoms with Crippen molar-refractivity contribution in [1.29, 1.82) is 0 Å². The molecule has 0 heterocycles. The lowest BCUT2D eigenvalue weighted by Gasteiger charge is -2.01. The number of benzene rings is 1. The Morgan fingerprint density at radius 1 is 1.62 bits per heavy atom. The number of halogens is 2. The molecule has 0 radical (unpaired) electrons. The molecule has 0 aliphatic rings. The van der Waals surface area contributed by atoms with Crippen molar-refractivity contribution in [3.05, 3.63) is 34.6 Å². The maximum Gasteiger partial charge on any atom is 0.186 e. The standard InChI is InChI=1S/C11H11ClFNOS/c1-7(15)16-4-2-3-8-5-10(13)11(14)6-9(8)12/h2-3,5-6H,4,14H2,1H3. The van der Waals surface area contributed by atoms with E-state index in [1.807, 2.05) is 0 Å². The van der Waals surface area contributed by atoms with Gasteiger partial charge in [-0.05, 0) is 17.7 Å². The summed E-state index contributed by atoms with van der Waals surface area (Å²) in [4.78, 5) is 10.6. The van der Waals surface area contributed by atoms with E-state index in [2.05, 4.69) is 0 Å². The van der Waals surface area contributed by atoms with Gasteiger partial charge in [0.2, 0.25) is 0 Å². The molecule has 0 aliphatic carbocycles. The zero-order valence-electron chi connectivity index (χ0n) is 8.67. The minimum absolute atomic E-state index is 0.0280. The molecular formula is C11H11ClFNOS. The molecule has 0 bridgehead atoms. The van der Waals surface area contributed by atoms with Gasteiger partial charge in [0.15, 0.2) is 5.12 Å². The molecule has 0 fully saturated rings. The highest BCUT2D eigenvalue weighted by Gasteiger charge is 2.03. The van der Waals surface area contributed by atoms with Crippen molar-refractivity contribution < 1.29 is 9.18 Å². The highest BCUT2D eigenvalue weighted by molar-refractivity contribution is 8.13. The molecule has 1 aromatic carbocycles. The Kier molecular flexibility index (Phi) is 4.83. The number of thioether (sulfide) groups is 1. The molecule has 16 heavy (non-hydrogen) atoms. The quantitative estimate of drug-likeness (QED) is 0.847. The molecule has 0 aromatic heterocycles. The molecule has 5 heteroatoms. The number of rotatable bonds is 3. The number of hydrogen-bond acceptors (Lipinski definition) is 3. The summed E-state index contributed by atoms with van der Waals surface area (Å²) in [5, 5.41) is 0.433. The van der Waals surface area contributed by atoms with Crippen LogP contribution in [0, 0.1) is 5.82 Å². The molecule has 0 atom stereocenters. The second kappa shape index (κ2) is 5.92. The Balaban J connectivity index is 2.73. The Bertz CT molecular complexity index is 434. The average Bonchev–Trinajstić information content (AvgIpc) is 2.19. The van der Waals surface area contributed by atoms with Gasteiger partial charge in [-0.1, -0.05) is 35.5 Å². The molecule has 2 nitrogen and oxygen atoms in total. The molecular weight excluding hydrogens is 249 g/mol. The summed E-state index contributed by atoms with van der Waals surface area (Å²) < 4.78 is 13.1. The van der Waals surface area contributed by atoms with Gasteiger partial charge in [0.05, 0.1) is 10.7 Å². The number of nitrogens with two attached hydrogens (primary N) is 1. The van der Waals surface area contributed by atoms with Crippen molar-refractivity contribution >= 4 is 40.2 Å². The minimum Gasteiger partial charge on any atom is -0.396 e. The van der Waals surface area contributed by atoms with Gasteiger partial charge < -0.3 is 5.73 Å². The minimum atomic E-state index is -0.497. The van der Waals surface area contributed by atoms with Crippen LogP contribution < -0.4 is 5.73 Å². The Hall–Kier alpha value is -1.00. The van der Waals surface area contributed by atoms with Gasteiger partial charge in [0.1, 0.15) is 5.82 Å². The van der Waals surface area contributed by atoms with Crippen LogP contribution in [0.15, 0.2) is 18.2 Å². The molecule has 0 spiro atoms. The first kappa shape index (κ1) is 13.1. The van der Waals surface area contributed by atoms with E-state index < -0.39 is 5.82 Å². The first-order chi connectivity index (χ1) is 7.50. The monoisotopic (exact) mass is 259 g/mol. The summed E-state index contributed by atoms with van der Waals surface area (Å²) >= 11 is 7.05. The summed E-state index contributed by atoms with van der Waals surface area (Å²) in [6, 6.07) is 2.64. The summed E-state index contributed by atoms with van der Waals surface area (Å²) in [5.74, 6) is 0.0424. The molecule has 2 N–H and O–H groups in total. The van der Waals surface area contributed by atoms with Gasteiger partial charge in [-0.2, -0.15) is 0 Å². The Morgan fingerprint density at radius 2 is 2.31 bits per heavy atom. The van der Waals surface area contributed by atoms with E-state index in [9.17, 15) is 9.18 Å². The molecule has 86 valence electrons. The number of nitrogen functional groups attached to an aromatic ring is 1. The zero-order valence-corrected chi connectivity index (χ0v) is 10.2. The van der Waals surface area contributed by atoms with Gasteiger partial charge in [0, 0.05) is 12.7 Å². The third-order valence-electron chi connectivity index (χ3n) is 1.80. The van der Waals surface area contributed by atoms with Crippen LogP contribution in [0.5, 0.6) is 0 Å². The van der Waals surface area contributed by atoms with Crippen LogP contribution in [0.1, 0.15) is 12.5 Å². The lowest BCUT2D eigenvalue weighted by molar-refractivity contribution is -0.109. The van der Waals surface area contributed by atoms with Crippen LogP contribution in [0.2, 0.25) is 5.02 Å². The van der Waals surface area contributed by atoms with Crippen LogP contribution >= 0.6 is 23.4 Å². The zero-order chi connectivity index (χ0) is 12.1. The molecule has 1 aromatic rings. The SMILES string of the molecule is CC(=O)SCC=Cc1cc(F)c(N)cc1Cl. The first-order valence-corrected chi connectivity index (χ1v) is 5.91. The van der Waals surface area contributed by atoms with E-state index in [1.165, 1.54) is 30.8 Å². The van der Waals surface area contributed by atoms with E-state index in [4.69, 9.17) is 17.3 Å².